The molecule has 17 heavy (non-hydrogen) atoms. The Balaban J connectivity index is 2.41. The highest BCUT2D eigenvalue weighted by Crippen LogP contribution is 2.37. The first-order valence-electron chi connectivity index (χ1n) is 5.66. The lowest BCUT2D eigenvalue weighted by Gasteiger charge is -2.31. The standard InChI is InChI=1S/C14H13NO2/c15-14(13(16)17)8-7-10-4-1-3-9-5-2-6-11(14)12(9)10/h1-6H,7-8,15H2,(H,16,17). The zero-order valence-electron chi connectivity index (χ0n) is 9.31. The Labute approximate surface area is 98.9 Å². The molecule has 3 N–H and O–H groups in total. The predicted molar refractivity (Wildman–Crippen MR) is 65.8 cm³/mol. The Morgan fingerprint density at radius 3 is 2.65 bits per heavy atom. The summed E-state index contributed by atoms with van der Waals surface area (Å²) in [5.41, 5.74) is 6.77. The van der Waals surface area contributed by atoms with Crippen LogP contribution in [0.3, 0.4) is 0 Å². The Kier molecular flexibility index (Phi) is 2.00. The predicted octanol–water partition coefficient (Wildman–Crippen LogP) is 2.02. The molecule has 86 valence electrons. The molecule has 0 aromatic heterocycles. The number of benzene rings is 2. The average Bonchev–Trinajstić information content (AvgIpc) is 2.34. The largest absolute Gasteiger partial charge is 0.480 e. The van der Waals surface area contributed by atoms with Gasteiger partial charge in [-0.25, -0.2) is 4.79 Å². The third-order valence-electron chi connectivity index (χ3n) is 3.64. The summed E-state index contributed by atoms with van der Waals surface area (Å²) >= 11 is 0. The zero-order chi connectivity index (χ0) is 12.0. The van der Waals surface area contributed by atoms with Crippen molar-refractivity contribution in [3.8, 4) is 0 Å². The minimum Gasteiger partial charge on any atom is -0.480 e. The number of hydrogen-bond acceptors (Lipinski definition) is 2. The van der Waals surface area contributed by atoms with Crippen LogP contribution < -0.4 is 5.73 Å². The molecule has 0 spiro atoms. The summed E-state index contributed by atoms with van der Waals surface area (Å²) in [5.74, 6) is -0.945. The number of carbonyl (C=O) groups is 1. The summed E-state index contributed by atoms with van der Waals surface area (Å²) in [6, 6.07) is 11.8. The lowest BCUT2D eigenvalue weighted by Crippen LogP contribution is -2.46. The minimum absolute atomic E-state index is 0.457. The van der Waals surface area contributed by atoms with Crippen LogP contribution >= 0.6 is 0 Å². The lowest BCUT2D eigenvalue weighted by molar-refractivity contribution is -0.144. The molecule has 2 aromatic carbocycles. The molecule has 0 saturated heterocycles. The topological polar surface area (TPSA) is 63.3 Å². The minimum atomic E-state index is -1.24. The third kappa shape index (κ3) is 1.29. The van der Waals surface area contributed by atoms with Crippen LogP contribution in [-0.4, -0.2) is 11.1 Å². The van der Waals surface area contributed by atoms with Crippen LogP contribution in [0.5, 0.6) is 0 Å². The Morgan fingerprint density at radius 2 is 1.94 bits per heavy atom. The molecule has 3 heteroatoms. The molecule has 0 aliphatic heterocycles. The van der Waals surface area contributed by atoms with Gasteiger partial charge in [-0.15, -0.1) is 0 Å². The fraction of sp³-hybridized carbons (Fsp3) is 0.214. The van der Waals surface area contributed by atoms with E-state index in [9.17, 15) is 9.90 Å². The molecular weight excluding hydrogens is 214 g/mol. The van der Waals surface area contributed by atoms with E-state index >= 15 is 0 Å². The molecule has 0 radical (unpaired) electrons. The second kappa shape index (κ2) is 3.31. The fourth-order valence-electron chi connectivity index (χ4n) is 2.69. The van der Waals surface area contributed by atoms with E-state index in [2.05, 4.69) is 0 Å². The van der Waals surface area contributed by atoms with Crippen LogP contribution in [0.1, 0.15) is 17.5 Å². The number of rotatable bonds is 1. The zero-order valence-corrected chi connectivity index (χ0v) is 9.31. The van der Waals surface area contributed by atoms with Gasteiger partial charge in [-0.05, 0) is 34.7 Å². The molecule has 1 atom stereocenters. The first-order valence-corrected chi connectivity index (χ1v) is 5.66. The maximum atomic E-state index is 11.4. The fourth-order valence-corrected chi connectivity index (χ4v) is 2.69. The van der Waals surface area contributed by atoms with Crippen molar-refractivity contribution in [2.75, 3.05) is 0 Å². The Morgan fingerprint density at radius 1 is 1.24 bits per heavy atom. The first-order chi connectivity index (χ1) is 8.13. The van der Waals surface area contributed by atoms with E-state index in [1.54, 1.807) is 0 Å². The van der Waals surface area contributed by atoms with Crippen LogP contribution in [-0.2, 0) is 16.8 Å². The average molecular weight is 227 g/mol. The molecule has 1 unspecified atom stereocenters. The number of aliphatic carboxylic acids is 1. The number of nitrogens with two attached hydrogens (primary N) is 1. The van der Waals surface area contributed by atoms with E-state index in [-0.39, 0.29) is 0 Å². The van der Waals surface area contributed by atoms with E-state index in [1.165, 1.54) is 5.56 Å². The van der Waals surface area contributed by atoms with Crippen LogP contribution in [0.25, 0.3) is 10.8 Å². The number of hydrogen-bond donors (Lipinski definition) is 2. The highest BCUT2D eigenvalue weighted by molar-refractivity contribution is 5.96. The van der Waals surface area contributed by atoms with Crippen molar-refractivity contribution in [2.24, 2.45) is 5.73 Å². The van der Waals surface area contributed by atoms with Gasteiger partial charge >= 0.3 is 5.97 Å². The van der Waals surface area contributed by atoms with E-state index in [0.717, 1.165) is 22.8 Å². The molecule has 0 saturated carbocycles. The molecule has 0 heterocycles. The highest BCUT2D eigenvalue weighted by atomic mass is 16.4. The van der Waals surface area contributed by atoms with Gasteiger partial charge in [0, 0.05) is 0 Å². The van der Waals surface area contributed by atoms with Crippen LogP contribution in [0.4, 0.5) is 0 Å². The Bertz CT molecular complexity index is 615. The van der Waals surface area contributed by atoms with Crippen LogP contribution in [0, 0.1) is 0 Å². The van der Waals surface area contributed by atoms with Gasteiger partial charge in [0.25, 0.3) is 0 Å². The van der Waals surface area contributed by atoms with Crippen molar-refractivity contribution in [1.29, 1.82) is 0 Å². The van der Waals surface area contributed by atoms with Crippen molar-refractivity contribution in [1.82, 2.24) is 0 Å². The van der Waals surface area contributed by atoms with E-state index < -0.39 is 11.5 Å². The molecule has 3 nitrogen and oxygen atoms in total. The van der Waals surface area contributed by atoms with Gasteiger partial charge in [0.05, 0.1) is 0 Å². The van der Waals surface area contributed by atoms with E-state index in [4.69, 9.17) is 5.73 Å². The molecular formula is C14H13NO2. The van der Waals surface area contributed by atoms with E-state index in [1.807, 2.05) is 36.4 Å². The summed E-state index contributed by atoms with van der Waals surface area (Å²) in [4.78, 5) is 11.4. The summed E-state index contributed by atoms with van der Waals surface area (Å²) in [6.07, 6.45) is 1.18. The normalized spacial score (nSPS) is 22.6. The quantitative estimate of drug-likeness (QED) is 0.783. The van der Waals surface area contributed by atoms with Crippen molar-refractivity contribution < 1.29 is 9.90 Å². The summed E-state index contributed by atoms with van der Waals surface area (Å²) < 4.78 is 0. The number of carboxylic acid groups (broad SMARTS) is 1. The van der Waals surface area contributed by atoms with Gasteiger partial charge in [0.1, 0.15) is 5.54 Å². The molecule has 3 rings (SSSR count). The number of carboxylic acids is 1. The number of aryl methyl sites for hydroxylation is 1. The molecule has 2 aromatic rings. The van der Waals surface area contributed by atoms with Crippen LogP contribution in [0.2, 0.25) is 0 Å². The third-order valence-corrected chi connectivity index (χ3v) is 3.64. The molecule has 0 fully saturated rings. The van der Waals surface area contributed by atoms with Gasteiger partial charge in [0.2, 0.25) is 0 Å². The van der Waals surface area contributed by atoms with Gasteiger partial charge in [-0.1, -0.05) is 36.4 Å². The van der Waals surface area contributed by atoms with Crippen molar-refractivity contribution in [2.45, 2.75) is 18.4 Å². The second-order valence-electron chi connectivity index (χ2n) is 4.60. The second-order valence-corrected chi connectivity index (χ2v) is 4.60. The lowest BCUT2D eigenvalue weighted by atomic mass is 9.76. The van der Waals surface area contributed by atoms with Crippen molar-refractivity contribution in [3.05, 3.63) is 47.5 Å². The summed E-state index contributed by atoms with van der Waals surface area (Å²) in [7, 11) is 0. The molecule has 0 bridgehead atoms. The van der Waals surface area contributed by atoms with Crippen molar-refractivity contribution >= 4 is 16.7 Å². The SMILES string of the molecule is NC1(C(=O)O)CCc2cccc3cccc1c23. The van der Waals surface area contributed by atoms with Crippen molar-refractivity contribution in [3.63, 3.8) is 0 Å². The maximum absolute atomic E-state index is 11.4. The molecule has 0 amide bonds. The molecule has 1 aliphatic carbocycles. The van der Waals surface area contributed by atoms with Gasteiger partial charge < -0.3 is 10.8 Å². The van der Waals surface area contributed by atoms with Crippen LogP contribution in [0.15, 0.2) is 36.4 Å². The van der Waals surface area contributed by atoms with E-state index in [0.29, 0.717) is 6.42 Å². The van der Waals surface area contributed by atoms with Gasteiger partial charge in [0.15, 0.2) is 0 Å². The highest BCUT2D eigenvalue weighted by Gasteiger charge is 2.39. The van der Waals surface area contributed by atoms with Gasteiger partial charge in [-0.2, -0.15) is 0 Å². The monoisotopic (exact) mass is 227 g/mol. The summed E-state index contributed by atoms with van der Waals surface area (Å²) in [6.45, 7) is 0. The first kappa shape index (κ1) is 10.3. The Hall–Kier alpha value is -1.87. The molecule has 1 aliphatic rings. The van der Waals surface area contributed by atoms with Gasteiger partial charge in [-0.3, -0.25) is 0 Å². The maximum Gasteiger partial charge on any atom is 0.328 e. The smallest absolute Gasteiger partial charge is 0.328 e. The summed E-state index contributed by atoms with van der Waals surface area (Å²) in [5, 5.41) is 11.4.